The summed E-state index contributed by atoms with van der Waals surface area (Å²) in [5, 5.41) is 2.88. The maximum atomic E-state index is 12.1. The number of aryl methyl sites for hydroxylation is 1. The molecule has 2 rings (SSSR count). The van der Waals surface area contributed by atoms with Gasteiger partial charge in [-0.05, 0) is 42.3 Å². The fourth-order valence-electron chi connectivity index (χ4n) is 2.39. The summed E-state index contributed by atoms with van der Waals surface area (Å²) in [5.41, 5.74) is 8.89. The van der Waals surface area contributed by atoms with E-state index >= 15 is 0 Å². The van der Waals surface area contributed by atoms with E-state index in [-0.39, 0.29) is 37.1 Å². The Morgan fingerprint density at radius 3 is 2.46 bits per heavy atom. The van der Waals surface area contributed by atoms with Gasteiger partial charge in [0, 0.05) is 30.9 Å². The molecule has 0 aliphatic heterocycles. The lowest BCUT2D eigenvalue weighted by Gasteiger charge is -2.15. The second-order valence-corrected chi connectivity index (χ2v) is 5.51. The maximum Gasteiger partial charge on any atom is 0.222 e. The summed E-state index contributed by atoms with van der Waals surface area (Å²) >= 11 is 0. The van der Waals surface area contributed by atoms with Crippen LogP contribution in [0, 0.1) is 6.92 Å². The van der Waals surface area contributed by atoms with Gasteiger partial charge in [-0.15, -0.1) is 24.8 Å². The van der Waals surface area contributed by atoms with E-state index in [1.54, 1.807) is 32.5 Å². The minimum absolute atomic E-state index is 0. The van der Waals surface area contributed by atoms with Crippen molar-refractivity contribution in [3.63, 3.8) is 0 Å². The Balaban J connectivity index is 0.00000312. The van der Waals surface area contributed by atoms with Gasteiger partial charge >= 0.3 is 0 Å². The molecular weight excluding hydrogens is 377 g/mol. The molecule has 0 fully saturated rings. The summed E-state index contributed by atoms with van der Waals surface area (Å²) in [4.78, 5) is 16.2. The van der Waals surface area contributed by atoms with Crippen LogP contribution >= 0.6 is 24.8 Å². The molecule has 26 heavy (non-hydrogen) atoms. The first-order valence-corrected chi connectivity index (χ1v) is 7.69. The molecule has 0 saturated heterocycles. The van der Waals surface area contributed by atoms with Crippen molar-refractivity contribution in [1.29, 1.82) is 0 Å². The number of carbonyl (C=O) groups is 1. The number of methoxy groups -OCH3 is 2. The van der Waals surface area contributed by atoms with Crippen molar-refractivity contribution in [2.45, 2.75) is 25.9 Å². The molecule has 0 aliphatic carbocycles. The van der Waals surface area contributed by atoms with Crippen LogP contribution < -0.4 is 20.5 Å². The third-order valence-electron chi connectivity index (χ3n) is 3.69. The molecule has 1 unspecified atom stereocenters. The maximum absolute atomic E-state index is 12.1. The van der Waals surface area contributed by atoms with E-state index < -0.39 is 6.04 Å². The normalized spacial score (nSPS) is 10.8. The molecule has 2 aromatic rings. The van der Waals surface area contributed by atoms with Crippen molar-refractivity contribution in [2.24, 2.45) is 5.73 Å². The van der Waals surface area contributed by atoms with E-state index in [2.05, 4.69) is 10.3 Å². The number of ether oxygens (including phenoxy) is 2. The van der Waals surface area contributed by atoms with Crippen LogP contribution in [-0.2, 0) is 11.3 Å². The number of pyridine rings is 1. The summed E-state index contributed by atoms with van der Waals surface area (Å²) in [6.07, 6.45) is 1.92. The van der Waals surface area contributed by atoms with Crippen LogP contribution in [0.25, 0.3) is 0 Å². The summed E-state index contributed by atoms with van der Waals surface area (Å²) < 4.78 is 10.5. The zero-order valence-electron chi connectivity index (χ0n) is 15.0. The topological polar surface area (TPSA) is 86.5 Å². The average Bonchev–Trinajstić information content (AvgIpc) is 2.59. The number of carbonyl (C=O) groups excluding carboxylic acids is 1. The summed E-state index contributed by atoms with van der Waals surface area (Å²) in [6.45, 7) is 2.37. The Bertz CT molecular complexity index is 714. The minimum Gasteiger partial charge on any atom is -0.493 e. The zero-order chi connectivity index (χ0) is 17.5. The quantitative estimate of drug-likeness (QED) is 0.744. The van der Waals surface area contributed by atoms with Gasteiger partial charge in [0.05, 0.1) is 14.2 Å². The Morgan fingerprint density at radius 1 is 1.15 bits per heavy atom. The molecule has 0 aliphatic rings. The molecule has 1 heterocycles. The molecule has 0 bridgehead atoms. The lowest BCUT2D eigenvalue weighted by Crippen LogP contribution is -2.27. The van der Waals surface area contributed by atoms with Gasteiger partial charge < -0.3 is 20.5 Å². The van der Waals surface area contributed by atoms with E-state index in [1.165, 1.54) is 0 Å². The first-order valence-electron chi connectivity index (χ1n) is 7.69. The van der Waals surface area contributed by atoms with Crippen molar-refractivity contribution >= 4 is 30.7 Å². The van der Waals surface area contributed by atoms with E-state index in [0.29, 0.717) is 18.0 Å². The SMILES string of the molecule is COc1ccc(C(N)CC(=O)NCc2ccnc(C)c2)cc1OC.Cl.Cl. The van der Waals surface area contributed by atoms with Gasteiger partial charge in [-0.3, -0.25) is 9.78 Å². The second kappa shape index (κ2) is 11.6. The monoisotopic (exact) mass is 401 g/mol. The lowest BCUT2D eigenvalue weighted by molar-refractivity contribution is -0.121. The van der Waals surface area contributed by atoms with Crippen molar-refractivity contribution in [3.05, 3.63) is 53.3 Å². The Labute approximate surface area is 166 Å². The van der Waals surface area contributed by atoms with Crippen LogP contribution in [0.2, 0.25) is 0 Å². The number of nitrogens with zero attached hydrogens (tertiary/aromatic N) is 1. The molecule has 1 amide bonds. The molecule has 1 aromatic carbocycles. The third-order valence-corrected chi connectivity index (χ3v) is 3.69. The van der Waals surface area contributed by atoms with Crippen LogP contribution in [0.4, 0.5) is 0 Å². The largest absolute Gasteiger partial charge is 0.493 e. The molecule has 0 radical (unpaired) electrons. The number of rotatable bonds is 7. The standard InChI is InChI=1S/C18H23N3O3.2ClH/c1-12-8-13(6-7-20-12)11-21-18(22)10-15(19)14-4-5-16(23-2)17(9-14)24-3;;/h4-9,15H,10-11,19H2,1-3H3,(H,21,22);2*1H. The van der Waals surface area contributed by atoms with E-state index in [0.717, 1.165) is 16.8 Å². The highest BCUT2D eigenvalue weighted by Crippen LogP contribution is 2.30. The van der Waals surface area contributed by atoms with Gasteiger partial charge in [0.25, 0.3) is 0 Å². The zero-order valence-corrected chi connectivity index (χ0v) is 16.7. The van der Waals surface area contributed by atoms with Crippen molar-refractivity contribution in [3.8, 4) is 11.5 Å². The molecule has 1 atom stereocenters. The van der Waals surface area contributed by atoms with Crippen LogP contribution in [0.1, 0.15) is 29.3 Å². The van der Waals surface area contributed by atoms with Crippen LogP contribution in [-0.4, -0.2) is 25.1 Å². The van der Waals surface area contributed by atoms with Gasteiger partial charge in [0.1, 0.15) is 0 Å². The predicted molar refractivity (Wildman–Crippen MR) is 106 cm³/mol. The minimum atomic E-state index is -0.413. The Kier molecular flexibility index (Phi) is 10.7. The van der Waals surface area contributed by atoms with Gasteiger partial charge in [0.15, 0.2) is 11.5 Å². The summed E-state index contributed by atoms with van der Waals surface area (Å²) in [7, 11) is 3.14. The van der Waals surface area contributed by atoms with E-state index in [9.17, 15) is 4.79 Å². The first-order chi connectivity index (χ1) is 11.5. The van der Waals surface area contributed by atoms with E-state index in [4.69, 9.17) is 15.2 Å². The number of nitrogens with one attached hydrogen (secondary N) is 1. The van der Waals surface area contributed by atoms with E-state index in [1.807, 2.05) is 25.1 Å². The third kappa shape index (κ3) is 6.71. The highest BCUT2D eigenvalue weighted by atomic mass is 35.5. The fourth-order valence-corrected chi connectivity index (χ4v) is 2.39. The van der Waals surface area contributed by atoms with Crippen molar-refractivity contribution in [1.82, 2.24) is 10.3 Å². The summed E-state index contributed by atoms with van der Waals surface area (Å²) in [5.74, 6) is 1.12. The van der Waals surface area contributed by atoms with Gasteiger partial charge in [0.2, 0.25) is 5.91 Å². The van der Waals surface area contributed by atoms with Crippen LogP contribution in [0.15, 0.2) is 36.5 Å². The molecule has 8 heteroatoms. The van der Waals surface area contributed by atoms with Gasteiger partial charge in [-0.1, -0.05) is 6.07 Å². The lowest BCUT2D eigenvalue weighted by atomic mass is 10.0. The number of hydrogen-bond acceptors (Lipinski definition) is 5. The molecule has 0 spiro atoms. The molecule has 3 N–H and O–H groups in total. The molecule has 6 nitrogen and oxygen atoms in total. The molecule has 1 aromatic heterocycles. The molecular formula is C18H25Cl2N3O3. The first kappa shape index (κ1) is 24.0. The summed E-state index contributed by atoms with van der Waals surface area (Å²) in [6, 6.07) is 8.82. The highest BCUT2D eigenvalue weighted by molar-refractivity contribution is 5.85. The predicted octanol–water partition coefficient (Wildman–Crippen LogP) is 2.96. The number of amides is 1. The molecule has 144 valence electrons. The van der Waals surface area contributed by atoms with Crippen molar-refractivity contribution < 1.29 is 14.3 Å². The Morgan fingerprint density at radius 2 is 1.85 bits per heavy atom. The second-order valence-electron chi connectivity index (χ2n) is 5.51. The number of benzene rings is 1. The van der Waals surface area contributed by atoms with Gasteiger partial charge in [-0.2, -0.15) is 0 Å². The van der Waals surface area contributed by atoms with Gasteiger partial charge in [-0.25, -0.2) is 0 Å². The number of aromatic nitrogens is 1. The number of nitrogens with two attached hydrogens (primary N) is 1. The fraction of sp³-hybridized carbons (Fsp3) is 0.333. The number of halogens is 2. The Hall–Kier alpha value is -2.02. The molecule has 0 saturated carbocycles. The average molecular weight is 402 g/mol. The number of hydrogen-bond donors (Lipinski definition) is 2. The van der Waals surface area contributed by atoms with Crippen LogP contribution in [0.3, 0.4) is 0 Å². The van der Waals surface area contributed by atoms with Crippen molar-refractivity contribution in [2.75, 3.05) is 14.2 Å². The van der Waals surface area contributed by atoms with Crippen LogP contribution in [0.5, 0.6) is 11.5 Å². The highest BCUT2D eigenvalue weighted by Gasteiger charge is 2.14. The smallest absolute Gasteiger partial charge is 0.222 e.